The van der Waals surface area contributed by atoms with Gasteiger partial charge in [-0.3, -0.25) is 9.59 Å². The molecule has 2 aromatic carbocycles. The van der Waals surface area contributed by atoms with Gasteiger partial charge in [-0.25, -0.2) is 0 Å². The van der Waals surface area contributed by atoms with Crippen LogP contribution in [0.25, 0.3) is 0 Å². The molecule has 0 saturated carbocycles. The fourth-order valence-corrected chi connectivity index (χ4v) is 3.33. The first-order chi connectivity index (χ1) is 11.5. The van der Waals surface area contributed by atoms with Crippen LogP contribution in [0.1, 0.15) is 12.0 Å². The number of hydrogen-bond donors (Lipinski definition) is 2. The number of phenolic OH excluding ortho intramolecular Hbond substituents is 1. The number of halogens is 1. The van der Waals surface area contributed by atoms with Crippen LogP contribution in [0, 0.1) is 12.8 Å². The van der Waals surface area contributed by atoms with Gasteiger partial charge in [0.2, 0.25) is 11.8 Å². The largest absolute Gasteiger partial charge is 0.506 e. The van der Waals surface area contributed by atoms with Crippen molar-refractivity contribution in [2.75, 3.05) is 16.8 Å². The van der Waals surface area contributed by atoms with E-state index in [1.165, 1.54) is 6.07 Å². The number of carbonyl (C=O) groups is 2. The second-order valence-corrected chi connectivity index (χ2v) is 6.76. The number of hydrogen-bond acceptors (Lipinski definition) is 3. The summed E-state index contributed by atoms with van der Waals surface area (Å²) in [6, 6.07) is 12.2. The first kappa shape index (κ1) is 16.5. The molecule has 0 aliphatic carbocycles. The number of aryl methyl sites for hydroxylation is 1. The molecule has 6 heteroatoms. The van der Waals surface area contributed by atoms with Crippen molar-refractivity contribution in [2.24, 2.45) is 5.92 Å². The molecule has 24 heavy (non-hydrogen) atoms. The molecule has 124 valence electrons. The summed E-state index contributed by atoms with van der Waals surface area (Å²) in [5.41, 5.74) is 2.15. The molecule has 1 aliphatic heterocycles. The number of carbonyl (C=O) groups excluding carboxylic acids is 2. The van der Waals surface area contributed by atoms with E-state index in [-0.39, 0.29) is 24.0 Å². The number of anilines is 2. The lowest BCUT2D eigenvalue weighted by Gasteiger charge is -2.19. The number of benzene rings is 2. The normalized spacial score (nSPS) is 17.2. The van der Waals surface area contributed by atoms with E-state index >= 15 is 0 Å². The minimum absolute atomic E-state index is 0.00998. The lowest BCUT2D eigenvalue weighted by Crippen LogP contribution is -2.28. The minimum atomic E-state index is -0.444. The van der Waals surface area contributed by atoms with E-state index in [2.05, 4.69) is 21.2 Å². The fourth-order valence-electron chi connectivity index (χ4n) is 2.85. The van der Waals surface area contributed by atoms with Crippen LogP contribution in [0.2, 0.25) is 0 Å². The average Bonchev–Trinajstić information content (AvgIpc) is 2.91. The highest BCUT2D eigenvalue weighted by atomic mass is 79.9. The van der Waals surface area contributed by atoms with Crippen LogP contribution in [-0.2, 0) is 9.59 Å². The van der Waals surface area contributed by atoms with Crippen LogP contribution in [0.5, 0.6) is 5.75 Å². The van der Waals surface area contributed by atoms with Crippen LogP contribution in [0.3, 0.4) is 0 Å². The summed E-state index contributed by atoms with van der Waals surface area (Å²) in [6.07, 6.45) is 0.162. The number of para-hydroxylation sites is 2. The van der Waals surface area contributed by atoms with Gasteiger partial charge in [0.15, 0.2) is 0 Å². The summed E-state index contributed by atoms with van der Waals surface area (Å²) >= 11 is 3.41. The van der Waals surface area contributed by atoms with Gasteiger partial charge in [0, 0.05) is 23.1 Å². The molecule has 0 aromatic heterocycles. The maximum Gasteiger partial charge on any atom is 0.229 e. The van der Waals surface area contributed by atoms with Crippen molar-refractivity contribution in [3.05, 3.63) is 52.5 Å². The first-order valence-electron chi connectivity index (χ1n) is 7.61. The summed E-state index contributed by atoms with van der Waals surface area (Å²) in [5.74, 6) is -0.768. The van der Waals surface area contributed by atoms with Crippen LogP contribution < -0.4 is 10.2 Å². The molecule has 0 unspecified atom stereocenters. The third-order valence-electron chi connectivity index (χ3n) is 4.11. The Kier molecular flexibility index (Phi) is 4.57. The molecule has 0 bridgehead atoms. The number of rotatable bonds is 3. The quantitative estimate of drug-likeness (QED) is 0.791. The van der Waals surface area contributed by atoms with Gasteiger partial charge in [-0.2, -0.15) is 0 Å². The molecule has 1 heterocycles. The molecular weight excluding hydrogens is 372 g/mol. The number of phenols is 1. The summed E-state index contributed by atoms with van der Waals surface area (Å²) in [6.45, 7) is 2.27. The lowest BCUT2D eigenvalue weighted by molar-refractivity contribution is -0.122. The third kappa shape index (κ3) is 3.28. The minimum Gasteiger partial charge on any atom is -0.506 e. The Hall–Kier alpha value is -2.34. The summed E-state index contributed by atoms with van der Waals surface area (Å²) in [5, 5.41) is 12.4. The van der Waals surface area contributed by atoms with E-state index in [0.29, 0.717) is 12.2 Å². The standard InChI is InChI=1S/C18H17BrN2O3/c1-11-8-13(19)6-7-15(11)21-10-12(9-17(21)23)18(24)20-14-4-2-3-5-16(14)22/h2-8,12,22H,9-10H2,1H3,(H,20,24)/t12-/m0/s1. The zero-order valence-electron chi connectivity index (χ0n) is 13.1. The van der Waals surface area contributed by atoms with E-state index in [9.17, 15) is 14.7 Å². The summed E-state index contributed by atoms with van der Waals surface area (Å²) in [4.78, 5) is 26.4. The molecular formula is C18H17BrN2O3. The van der Waals surface area contributed by atoms with Crippen LogP contribution in [0.4, 0.5) is 11.4 Å². The molecule has 1 saturated heterocycles. The maximum atomic E-state index is 12.4. The van der Waals surface area contributed by atoms with Gasteiger partial charge in [0.25, 0.3) is 0 Å². The third-order valence-corrected chi connectivity index (χ3v) is 4.60. The fraction of sp³-hybridized carbons (Fsp3) is 0.222. The number of nitrogens with one attached hydrogen (secondary N) is 1. The van der Waals surface area contributed by atoms with E-state index < -0.39 is 5.92 Å². The second kappa shape index (κ2) is 6.65. The Balaban J connectivity index is 1.74. The van der Waals surface area contributed by atoms with E-state index in [0.717, 1.165) is 15.7 Å². The predicted octanol–water partition coefficient (Wildman–Crippen LogP) is 3.45. The SMILES string of the molecule is Cc1cc(Br)ccc1N1C[C@@H](C(=O)Nc2ccccc2O)CC1=O. The molecule has 2 amide bonds. The molecule has 1 atom stereocenters. The Morgan fingerprint density at radius 3 is 2.75 bits per heavy atom. The van der Waals surface area contributed by atoms with Gasteiger partial charge >= 0.3 is 0 Å². The van der Waals surface area contributed by atoms with Gasteiger partial charge in [0.05, 0.1) is 11.6 Å². The molecule has 2 aromatic rings. The molecule has 0 spiro atoms. The number of amides is 2. The second-order valence-electron chi connectivity index (χ2n) is 5.84. The van der Waals surface area contributed by atoms with E-state index in [1.807, 2.05) is 25.1 Å². The molecule has 2 N–H and O–H groups in total. The topological polar surface area (TPSA) is 69.6 Å². The van der Waals surface area contributed by atoms with Gasteiger partial charge in [-0.1, -0.05) is 28.1 Å². The highest BCUT2D eigenvalue weighted by Crippen LogP contribution is 2.31. The average molecular weight is 389 g/mol. The van der Waals surface area contributed by atoms with Crippen LogP contribution >= 0.6 is 15.9 Å². The molecule has 1 aliphatic rings. The van der Waals surface area contributed by atoms with E-state index in [1.54, 1.807) is 23.1 Å². The van der Waals surface area contributed by atoms with Gasteiger partial charge in [-0.05, 0) is 42.8 Å². The van der Waals surface area contributed by atoms with Crippen molar-refractivity contribution in [3.8, 4) is 5.75 Å². The Morgan fingerprint density at radius 2 is 2.04 bits per heavy atom. The number of aromatic hydroxyl groups is 1. The molecule has 3 rings (SSSR count). The van der Waals surface area contributed by atoms with Gasteiger partial charge < -0.3 is 15.3 Å². The van der Waals surface area contributed by atoms with Gasteiger partial charge in [-0.15, -0.1) is 0 Å². The molecule has 5 nitrogen and oxygen atoms in total. The first-order valence-corrected chi connectivity index (χ1v) is 8.40. The van der Waals surface area contributed by atoms with Crippen molar-refractivity contribution in [1.29, 1.82) is 0 Å². The van der Waals surface area contributed by atoms with Crippen LogP contribution in [-0.4, -0.2) is 23.5 Å². The predicted molar refractivity (Wildman–Crippen MR) is 96.1 cm³/mol. The maximum absolute atomic E-state index is 12.4. The lowest BCUT2D eigenvalue weighted by atomic mass is 10.1. The molecule has 1 fully saturated rings. The monoisotopic (exact) mass is 388 g/mol. The van der Waals surface area contributed by atoms with Crippen molar-refractivity contribution in [3.63, 3.8) is 0 Å². The highest BCUT2D eigenvalue weighted by Gasteiger charge is 2.35. The Labute approximate surface area is 148 Å². The highest BCUT2D eigenvalue weighted by molar-refractivity contribution is 9.10. The Bertz CT molecular complexity index is 807. The molecule has 0 radical (unpaired) electrons. The van der Waals surface area contributed by atoms with Crippen molar-refractivity contribution in [2.45, 2.75) is 13.3 Å². The summed E-state index contributed by atoms with van der Waals surface area (Å²) < 4.78 is 0.948. The van der Waals surface area contributed by atoms with Crippen LogP contribution in [0.15, 0.2) is 46.9 Å². The Morgan fingerprint density at radius 1 is 1.29 bits per heavy atom. The van der Waals surface area contributed by atoms with Crippen molar-refractivity contribution < 1.29 is 14.7 Å². The van der Waals surface area contributed by atoms with Crippen molar-refractivity contribution >= 4 is 39.1 Å². The summed E-state index contributed by atoms with van der Waals surface area (Å²) in [7, 11) is 0. The zero-order chi connectivity index (χ0) is 17.3. The van der Waals surface area contributed by atoms with E-state index in [4.69, 9.17) is 0 Å². The van der Waals surface area contributed by atoms with Crippen molar-refractivity contribution in [1.82, 2.24) is 0 Å². The number of nitrogens with zero attached hydrogens (tertiary/aromatic N) is 1. The van der Waals surface area contributed by atoms with Gasteiger partial charge in [0.1, 0.15) is 5.75 Å². The zero-order valence-corrected chi connectivity index (χ0v) is 14.7. The smallest absolute Gasteiger partial charge is 0.229 e.